The first-order valence-corrected chi connectivity index (χ1v) is 21.3. The third-order valence-electron chi connectivity index (χ3n) is 3.25. The summed E-state index contributed by atoms with van der Waals surface area (Å²) in [6.07, 6.45) is -4.99. The molecule has 1 atom stereocenters. The van der Waals surface area contributed by atoms with Crippen LogP contribution in [0.25, 0.3) is 0 Å². The molecule has 1 unspecified atom stereocenters. The molecule has 0 spiro atoms. The Morgan fingerprint density at radius 1 is 0.821 bits per heavy atom. The summed E-state index contributed by atoms with van der Waals surface area (Å²) in [5, 5.41) is 0. The number of hydrogen-bond donors (Lipinski definition) is 0. The van der Waals surface area contributed by atoms with E-state index in [4.69, 9.17) is 3.07 Å². The molecule has 0 bridgehead atoms. The molecule has 8 heteroatoms. The molecule has 0 radical (unpaired) electrons. The zero-order chi connectivity index (χ0) is 20.0. The van der Waals surface area contributed by atoms with Crippen molar-refractivity contribution in [2.75, 3.05) is 0 Å². The maximum absolute atomic E-state index is 13.0. The molecule has 0 aromatic heterocycles. The molecule has 3 aromatic carbocycles. The fraction of sp³-hybridized carbons (Fsp3) is 0.0500. The summed E-state index contributed by atoms with van der Waals surface area (Å²) in [5.41, 5.74) is 0. The van der Waals surface area contributed by atoms with Crippen LogP contribution < -0.4 is 8.92 Å². The minimum atomic E-state index is -4.99. The van der Waals surface area contributed by atoms with E-state index in [2.05, 4.69) is 0 Å². The average molecular weight is 629 g/mol. The van der Waals surface area contributed by atoms with Crippen molar-refractivity contribution >= 4 is 54.8 Å². The van der Waals surface area contributed by atoms with E-state index < -0.39 is 39.0 Å². The van der Waals surface area contributed by atoms with Crippen LogP contribution >= 0.6 is 18.0 Å². The van der Waals surface area contributed by atoms with Gasteiger partial charge in [0.25, 0.3) is 0 Å². The predicted molar refractivity (Wildman–Crippen MR) is 115 cm³/mol. The molecule has 146 valence electrons. The Labute approximate surface area is 175 Å². The summed E-state index contributed by atoms with van der Waals surface area (Å²) in [5.74, 6) is -2.07. The van der Waals surface area contributed by atoms with Gasteiger partial charge in [-0.1, -0.05) is 0 Å². The van der Waals surface area contributed by atoms with Crippen LogP contribution in [0.1, 0.15) is 0 Å². The Kier molecular flexibility index (Phi) is 7.60. The summed E-state index contributed by atoms with van der Waals surface area (Å²) < 4.78 is 47.1. The Bertz CT molecular complexity index is 894. The average Bonchev–Trinajstić information content (AvgIpc) is 2.72. The summed E-state index contributed by atoms with van der Waals surface area (Å²) in [6, 6.07) is 28.2. The van der Waals surface area contributed by atoms with Gasteiger partial charge < -0.3 is 0 Å². The van der Waals surface area contributed by atoms with Crippen molar-refractivity contribution in [3.05, 3.63) is 94.6 Å². The number of halogens is 4. The molecule has 0 saturated carbocycles. The van der Waals surface area contributed by atoms with Gasteiger partial charge in [-0.05, 0) is 0 Å². The summed E-state index contributed by atoms with van der Waals surface area (Å²) in [7, 11) is -1.84. The zero-order valence-corrected chi connectivity index (χ0v) is 19.9. The van der Waals surface area contributed by atoms with E-state index in [-0.39, 0.29) is 13.1 Å². The monoisotopic (exact) mass is 631 g/mol. The predicted octanol–water partition coefficient (Wildman–Crippen LogP) is 3.81. The van der Waals surface area contributed by atoms with Crippen LogP contribution in [-0.2, 0) is 7.86 Å². The van der Waals surface area contributed by atoms with Gasteiger partial charge in [0.15, 0.2) is 0 Å². The van der Waals surface area contributed by atoms with Gasteiger partial charge in [-0.3, -0.25) is 0 Å². The number of rotatable bonds is 6. The molecule has 0 aliphatic carbocycles. The molecule has 0 N–H and O–H groups in total. The van der Waals surface area contributed by atoms with Crippen LogP contribution in [-0.4, -0.2) is 34.1 Å². The fourth-order valence-corrected chi connectivity index (χ4v) is 39.3. The number of carbonyl (C=O) groups is 1. The fourth-order valence-electron chi connectivity index (χ4n) is 2.02. The molecule has 3 aromatic rings. The van der Waals surface area contributed by atoms with Gasteiger partial charge in [0.2, 0.25) is 0 Å². The molecule has 2 nitrogen and oxygen atoms in total. The van der Waals surface area contributed by atoms with Gasteiger partial charge in [-0.2, -0.15) is 0 Å². The maximum atomic E-state index is 13.0. The first-order chi connectivity index (χ1) is 13.4. The number of hydrogen-bond acceptors (Lipinski definition) is 2. The van der Waals surface area contributed by atoms with E-state index >= 15 is 0 Å². The Morgan fingerprint density at radius 3 is 1.86 bits per heavy atom. The van der Waals surface area contributed by atoms with Crippen molar-refractivity contribution in [1.29, 1.82) is 0 Å². The van der Waals surface area contributed by atoms with Crippen molar-refractivity contribution in [1.82, 2.24) is 0 Å². The van der Waals surface area contributed by atoms with E-state index in [0.29, 0.717) is 0 Å². The van der Waals surface area contributed by atoms with Gasteiger partial charge in [0, 0.05) is 0 Å². The zero-order valence-electron chi connectivity index (χ0n) is 14.3. The number of carbonyl (C=O) groups excluding carboxylic acids is 1. The molecule has 0 aliphatic rings. The Balaban J connectivity index is 2.03. The summed E-state index contributed by atoms with van der Waals surface area (Å²) >= 11 is -2.98. The quantitative estimate of drug-likeness (QED) is 0.307. The third-order valence-corrected chi connectivity index (χ3v) is 37.8. The van der Waals surface area contributed by atoms with E-state index in [1.807, 2.05) is 66.7 Å². The second-order valence-corrected chi connectivity index (χ2v) is 32.4. The normalized spacial score (nSPS) is 12.9. The van der Waals surface area contributed by atoms with Crippen LogP contribution in [0.5, 0.6) is 0 Å². The first-order valence-electron chi connectivity index (χ1n) is 8.03. The van der Waals surface area contributed by atoms with Crippen LogP contribution in [0.2, 0.25) is 0 Å². The number of benzene rings is 3. The van der Waals surface area contributed by atoms with Gasteiger partial charge in [0.05, 0.1) is 0 Å². The topological polar surface area (TPSA) is 26.3 Å². The van der Waals surface area contributed by atoms with Crippen molar-refractivity contribution in [2.45, 2.75) is 6.18 Å². The molecule has 0 fully saturated rings. The molecule has 28 heavy (non-hydrogen) atoms. The van der Waals surface area contributed by atoms with Gasteiger partial charge in [-0.25, -0.2) is 0 Å². The van der Waals surface area contributed by atoms with Gasteiger partial charge in [-0.15, -0.1) is 0 Å². The second-order valence-electron chi connectivity index (χ2n) is 5.31. The van der Waals surface area contributed by atoms with Gasteiger partial charge >= 0.3 is 177 Å². The molecule has 3 rings (SSSR count). The van der Waals surface area contributed by atoms with E-state index in [9.17, 15) is 18.0 Å². The van der Waals surface area contributed by atoms with Crippen molar-refractivity contribution in [3.63, 3.8) is 0 Å². The first kappa shape index (κ1) is 21.4. The second kappa shape index (κ2) is 9.94. The van der Waals surface area contributed by atoms with Crippen LogP contribution in [0.4, 0.5) is 13.2 Å². The van der Waals surface area contributed by atoms with Crippen LogP contribution in [0, 0.1) is 3.57 Å². The summed E-state index contributed by atoms with van der Waals surface area (Å²) in [6.45, 7) is 0. The van der Waals surface area contributed by atoms with Crippen LogP contribution in [0.3, 0.4) is 0 Å². The molecule has 0 heterocycles. The molecular weight excluding hydrogens is 614 g/mol. The molecule has 0 amide bonds. The molecule has 0 saturated heterocycles. The third kappa shape index (κ3) is 5.84. The minimum absolute atomic E-state index is 0.0742. The standard InChI is InChI=1S/C20H15F3IO2Se2/c21-20(22,23)19(25)26-24(16-10-4-1-5-11-16)28(18-14-8-3-9-15-18)27-17-12-6-2-7-13-17/h1-15H/q+1. The van der Waals surface area contributed by atoms with Crippen molar-refractivity contribution in [3.8, 4) is 0 Å². The molecule has 0 aliphatic heterocycles. The van der Waals surface area contributed by atoms with Crippen LogP contribution in [0.15, 0.2) is 91.0 Å². The number of alkyl halides is 3. The van der Waals surface area contributed by atoms with E-state index in [1.54, 1.807) is 24.3 Å². The Morgan fingerprint density at radius 2 is 1.32 bits per heavy atom. The van der Waals surface area contributed by atoms with Crippen molar-refractivity contribution in [2.24, 2.45) is 0 Å². The molecular formula is C20H15F3IO2Se2+. The Hall–Kier alpha value is -1.31. The SMILES string of the molecule is O=C(OI(c1ccccc1)[Se+]([Se]c1ccccc1)c1ccccc1)C(F)(F)F. The van der Waals surface area contributed by atoms with E-state index in [1.165, 1.54) is 0 Å². The van der Waals surface area contributed by atoms with Crippen molar-refractivity contribution < 1.29 is 21.0 Å². The van der Waals surface area contributed by atoms with Gasteiger partial charge in [0.1, 0.15) is 0 Å². The van der Waals surface area contributed by atoms with E-state index in [0.717, 1.165) is 12.5 Å². The summed E-state index contributed by atoms with van der Waals surface area (Å²) in [4.78, 5) is 11.8.